The van der Waals surface area contributed by atoms with Crippen LogP contribution in [0.25, 0.3) is 0 Å². The number of piperidine rings is 1. The van der Waals surface area contributed by atoms with Crippen LogP contribution in [0.3, 0.4) is 0 Å². The summed E-state index contributed by atoms with van der Waals surface area (Å²) in [7, 11) is 0. The number of nitrogens with zero attached hydrogens (tertiary/aromatic N) is 2. The van der Waals surface area contributed by atoms with Gasteiger partial charge in [-0.2, -0.15) is 0 Å². The quantitative estimate of drug-likeness (QED) is 0.543. The number of ether oxygens (including phenoxy) is 2. The van der Waals surface area contributed by atoms with E-state index in [2.05, 4.69) is 10.6 Å². The van der Waals surface area contributed by atoms with Crippen molar-refractivity contribution in [3.8, 4) is 0 Å². The van der Waals surface area contributed by atoms with Gasteiger partial charge >= 0.3 is 12.2 Å². The number of halogens is 4. The van der Waals surface area contributed by atoms with Crippen molar-refractivity contribution in [2.45, 2.75) is 43.4 Å². The molecule has 13 heteroatoms. The van der Waals surface area contributed by atoms with Gasteiger partial charge in [0.2, 0.25) is 0 Å². The smallest absolute Gasteiger partial charge is 0.414 e. The zero-order valence-corrected chi connectivity index (χ0v) is 20.8. The number of fused-ring (bicyclic) bond motifs is 1. The maximum Gasteiger partial charge on any atom is 0.414 e. The Bertz CT molecular complexity index is 1000. The van der Waals surface area contributed by atoms with Crippen molar-refractivity contribution < 1.29 is 32.6 Å². The van der Waals surface area contributed by atoms with Crippen LogP contribution in [-0.4, -0.2) is 66.9 Å². The van der Waals surface area contributed by atoms with E-state index in [0.717, 1.165) is 17.0 Å². The summed E-state index contributed by atoms with van der Waals surface area (Å²) in [6, 6.07) is 2.07. The van der Waals surface area contributed by atoms with Gasteiger partial charge in [0.1, 0.15) is 17.4 Å². The summed E-state index contributed by atoms with van der Waals surface area (Å²) < 4.78 is 40.4. The molecule has 3 aliphatic rings. The number of alkyl carbamates (subject to hydrolysis) is 1. The molecule has 3 amide bonds. The van der Waals surface area contributed by atoms with Crippen molar-refractivity contribution in [1.29, 1.82) is 0 Å². The van der Waals surface area contributed by atoms with E-state index in [1.54, 1.807) is 25.7 Å². The number of nitrogens with one attached hydrogen (secondary N) is 2. The Kier molecular flexibility index (Phi) is 6.93. The number of carbonyl (C=O) groups is 3. The molecule has 2 heterocycles. The molecular weight excluding hydrogens is 509 g/mol. The Balaban J connectivity index is 1.35. The van der Waals surface area contributed by atoms with Crippen LogP contribution in [0.5, 0.6) is 0 Å². The lowest BCUT2D eigenvalue weighted by molar-refractivity contribution is -0.119. The van der Waals surface area contributed by atoms with Crippen molar-refractivity contribution in [2.75, 3.05) is 36.0 Å². The van der Waals surface area contributed by atoms with E-state index in [4.69, 9.17) is 32.7 Å². The average Bonchev–Trinajstić information content (AvgIpc) is 3.06. The number of carbonyl (C=O) groups excluding carboxylic acids is 3. The zero-order valence-electron chi connectivity index (χ0n) is 19.3. The van der Waals surface area contributed by atoms with Gasteiger partial charge < -0.3 is 25.0 Å². The molecule has 2 N–H and O–H groups in total. The Morgan fingerprint density at radius 1 is 1.17 bits per heavy atom. The lowest BCUT2D eigenvalue weighted by atomic mass is 10.2. The van der Waals surface area contributed by atoms with E-state index in [1.807, 2.05) is 0 Å². The molecule has 1 aromatic carbocycles. The Labute approximate surface area is 211 Å². The summed E-state index contributed by atoms with van der Waals surface area (Å²) in [5.74, 6) is -2.11. The Morgan fingerprint density at radius 3 is 2.31 bits per heavy atom. The normalized spacial score (nSPS) is 25.4. The molecule has 1 aliphatic carbocycles. The first-order chi connectivity index (χ1) is 16.3. The highest BCUT2D eigenvalue weighted by atomic mass is 35.5. The Morgan fingerprint density at radius 2 is 1.77 bits per heavy atom. The zero-order chi connectivity index (χ0) is 25.7. The number of benzene rings is 1. The molecule has 0 spiro atoms. The molecule has 2 saturated heterocycles. The van der Waals surface area contributed by atoms with E-state index < -0.39 is 46.3 Å². The van der Waals surface area contributed by atoms with Crippen molar-refractivity contribution in [1.82, 2.24) is 10.6 Å². The van der Waals surface area contributed by atoms with E-state index >= 15 is 0 Å². The molecule has 4 rings (SSSR count). The van der Waals surface area contributed by atoms with Gasteiger partial charge in [0.05, 0.1) is 18.8 Å². The van der Waals surface area contributed by atoms with E-state index in [-0.39, 0.29) is 42.3 Å². The first-order valence-electron chi connectivity index (χ1n) is 11.1. The van der Waals surface area contributed by atoms with Gasteiger partial charge in [-0.05, 0) is 20.8 Å². The molecule has 1 aromatic rings. The van der Waals surface area contributed by atoms with Crippen LogP contribution >= 0.6 is 23.2 Å². The fourth-order valence-corrected chi connectivity index (χ4v) is 4.66. The highest BCUT2D eigenvalue weighted by molar-refractivity contribution is 6.53. The van der Waals surface area contributed by atoms with Crippen LogP contribution in [0, 0.1) is 23.5 Å². The van der Waals surface area contributed by atoms with Gasteiger partial charge in [-0.25, -0.2) is 18.4 Å². The van der Waals surface area contributed by atoms with E-state index in [0.29, 0.717) is 13.1 Å². The van der Waals surface area contributed by atoms with Gasteiger partial charge in [0.25, 0.3) is 5.91 Å². The molecule has 4 atom stereocenters. The molecule has 9 nitrogen and oxygen atoms in total. The second-order valence-corrected chi connectivity index (χ2v) is 10.9. The van der Waals surface area contributed by atoms with Gasteiger partial charge in [-0.15, -0.1) is 0 Å². The van der Waals surface area contributed by atoms with Gasteiger partial charge in [0, 0.05) is 43.1 Å². The first kappa shape index (κ1) is 25.6. The first-order valence-corrected chi connectivity index (χ1v) is 12.0. The largest absolute Gasteiger partial charge is 0.444 e. The molecule has 2 aliphatic heterocycles. The average molecular weight is 535 g/mol. The van der Waals surface area contributed by atoms with Crippen molar-refractivity contribution >= 4 is 52.7 Å². The minimum absolute atomic E-state index is 0.00367. The van der Waals surface area contributed by atoms with Crippen LogP contribution in [0.2, 0.25) is 0 Å². The molecule has 0 radical (unpaired) electrons. The molecule has 1 saturated carbocycles. The number of cyclic esters (lactones) is 1. The van der Waals surface area contributed by atoms with Crippen LogP contribution in [-0.2, 0) is 14.3 Å². The summed E-state index contributed by atoms with van der Waals surface area (Å²) in [4.78, 5) is 37.1. The molecule has 0 bridgehead atoms. The SMILES string of the molecule is CC(C)(C)OC(=O)NC1[C@H]2CN(c3c(F)cc(N4C[C@H](CNC(=O)C(Cl)Cl)OC4=O)cc3F)C[C@@H]12. The van der Waals surface area contributed by atoms with Crippen LogP contribution < -0.4 is 20.4 Å². The monoisotopic (exact) mass is 534 g/mol. The van der Waals surface area contributed by atoms with Crippen LogP contribution in [0.4, 0.5) is 29.7 Å². The third-order valence-electron chi connectivity index (χ3n) is 6.08. The minimum Gasteiger partial charge on any atom is -0.444 e. The van der Waals surface area contributed by atoms with E-state index in [9.17, 15) is 23.2 Å². The third kappa shape index (κ3) is 5.66. The predicted octanol–water partition coefficient (Wildman–Crippen LogP) is 3.17. The minimum atomic E-state index is -1.26. The van der Waals surface area contributed by atoms with Crippen molar-refractivity contribution in [3.63, 3.8) is 0 Å². The van der Waals surface area contributed by atoms with Crippen molar-refractivity contribution in [3.05, 3.63) is 23.8 Å². The molecular formula is C22H26Cl2F2N4O5. The molecule has 35 heavy (non-hydrogen) atoms. The summed E-state index contributed by atoms with van der Waals surface area (Å²) in [5, 5.41) is 5.24. The number of hydrogen-bond acceptors (Lipinski definition) is 6. The lowest BCUT2D eigenvalue weighted by Gasteiger charge is -2.25. The second kappa shape index (κ2) is 9.50. The van der Waals surface area contributed by atoms with Crippen LogP contribution in [0.15, 0.2) is 12.1 Å². The summed E-state index contributed by atoms with van der Waals surface area (Å²) in [5.41, 5.74) is -0.783. The fourth-order valence-electron chi connectivity index (χ4n) is 4.51. The highest BCUT2D eigenvalue weighted by Crippen LogP contribution is 2.48. The van der Waals surface area contributed by atoms with E-state index in [1.165, 1.54) is 0 Å². The number of anilines is 2. The van der Waals surface area contributed by atoms with Crippen molar-refractivity contribution in [2.24, 2.45) is 11.8 Å². The predicted molar refractivity (Wildman–Crippen MR) is 125 cm³/mol. The number of amides is 3. The Hall–Kier alpha value is -2.53. The molecule has 0 aromatic heterocycles. The number of alkyl halides is 2. The maximum atomic E-state index is 15.0. The highest BCUT2D eigenvalue weighted by Gasteiger charge is 2.57. The third-order valence-corrected chi connectivity index (χ3v) is 6.48. The summed E-state index contributed by atoms with van der Waals surface area (Å²) >= 11 is 10.9. The standard InChI is InChI=1S/C22H26Cl2F2N4O5/c1-22(2,3)35-20(32)28-16-12-8-29(9-13(12)16)17-14(25)4-10(5-15(17)26)30-7-11(34-21(30)33)6-27-19(31)18(23)24/h4-5,11-13,16,18H,6-9H2,1-3H3,(H,27,31)(H,28,32)/t11-,12-,13+,16?/m0/s1. The van der Waals surface area contributed by atoms with Gasteiger partial charge in [-0.3, -0.25) is 9.69 Å². The topological polar surface area (TPSA) is 100 Å². The maximum absolute atomic E-state index is 15.0. The fraction of sp³-hybridized carbons (Fsp3) is 0.591. The lowest BCUT2D eigenvalue weighted by Crippen LogP contribution is -2.38. The molecule has 1 unspecified atom stereocenters. The summed E-state index contributed by atoms with van der Waals surface area (Å²) in [6.07, 6.45) is -2.03. The van der Waals surface area contributed by atoms with Gasteiger partial charge in [0.15, 0.2) is 16.5 Å². The van der Waals surface area contributed by atoms with Crippen LogP contribution in [0.1, 0.15) is 20.8 Å². The number of rotatable bonds is 6. The molecule has 3 fully saturated rings. The second-order valence-electron chi connectivity index (χ2n) is 9.82. The number of hydrogen-bond donors (Lipinski definition) is 2. The summed E-state index contributed by atoms with van der Waals surface area (Å²) in [6.45, 7) is 6.02. The van der Waals surface area contributed by atoms with Gasteiger partial charge in [-0.1, -0.05) is 23.2 Å². The molecule has 192 valence electrons.